The second-order valence-corrected chi connectivity index (χ2v) is 38.5. The smallest absolute Gasteiger partial charge is 0.420 e. The normalized spacial score (nSPS) is 11.6. The lowest BCUT2D eigenvalue weighted by Crippen LogP contribution is -2.41. The summed E-state index contributed by atoms with van der Waals surface area (Å²) in [6, 6.07) is 52.2. The molecule has 1 saturated heterocycles. The van der Waals surface area contributed by atoms with Gasteiger partial charge in [-0.1, -0.05) is 131 Å². The molecule has 0 aliphatic carbocycles. The molecule has 15 heteroatoms. The summed E-state index contributed by atoms with van der Waals surface area (Å²) in [5.74, 6) is 48.1. The van der Waals surface area contributed by atoms with E-state index in [2.05, 4.69) is 312 Å². The zero-order chi connectivity index (χ0) is 92.5. The number of fused-ring (bicyclic) bond motifs is 2. The summed E-state index contributed by atoms with van der Waals surface area (Å²) in [6.07, 6.45) is 7.56. The number of imidazole rings is 1. The first kappa shape index (κ1) is 105. The van der Waals surface area contributed by atoms with Gasteiger partial charge in [-0.05, 0) is 335 Å². The number of aromatic nitrogens is 6. The van der Waals surface area contributed by atoms with Crippen molar-refractivity contribution in [1.82, 2.24) is 34.4 Å². The fourth-order valence-corrected chi connectivity index (χ4v) is 10.2. The number of hydrogen-bond donors (Lipinski definition) is 1. The number of ether oxygens (including phenoxy) is 2. The Labute approximate surface area is 740 Å². The number of nitrogens with zero attached hydrogens (tertiary/aromatic N) is 8. The van der Waals surface area contributed by atoms with Gasteiger partial charge in [0.1, 0.15) is 41.4 Å². The first-order valence-electron chi connectivity index (χ1n) is 42.5. The van der Waals surface area contributed by atoms with Crippen LogP contribution in [0, 0.1) is 138 Å². The van der Waals surface area contributed by atoms with E-state index >= 15 is 0 Å². The van der Waals surface area contributed by atoms with Crippen LogP contribution in [0.15, 0.2) is 173 Å². The Kier molecular flexibility index (Phi) is 42.6. The van der Waals surface area contributed by atoms with Crippen molar-refractivity contribution >= 4 is 45.2 Å². The minimum Gasteiger partial charge on any atom is -0.481 e. The van der Waals surface area contributed by atoms with Crippen LogP contribution >= 0.6 is 0 Å². The molecule has 0 saturated carbocycles. The van der Waals surface area contributed by atoms with Gasteiger partial charge in [0, 0.05) is 118 Å². The molecule has 0 unspecified atom stereocenters. The molecule has 1 aliphatic heterocycles. The topological polar surface area (TPSA) is 155 Å². The van der Waals surface area contributed by atoms with E-state index in [1.54, 1.807) is 59.0 Å². The van der Waals surface area contributed by atoms with Gasteiger partial charge < -0.3 is 33.6 Å². The Morgan fingerprint density at radius 1 is 0.480 bits per heavy atom. The number of ketones is 1. The van der Waals surface area contributed by atoms with Crippen LogP contribution in [0.25, 0.3) is 22.1 Å². The second-order valence-electron chi connectivity index (χ2n) is 38.5. The number of Topliss-reactive ketones (excluding diaryl/α,β-unsaturated/α-hetero) is 1. The predicted molar refractivity (Wildman–Crippen MR) is 516 cm³/mol. The fraction of sp³-hybridized carbons (Fsp3) is 0.463. The third kappa shape index (κ3) is 48.9. The number of piperidine rings is 1. The van der Waals surface area contributed by atoms with E-state index in [1.807, 2.05) is 140 Å². The molecule has 1 amide bonds. The second kappa shape index (κ2) is 49.8. The maximum absolute atomic E-state index is 11.6. The monoisotopic (exact) mass is 1660 g/mol. The minimum absolute atomic E-state index is 0.00183. The lowest BCUT2D eigenvalue weighted by atomic mass is 9.95. The van der Waals surface area contributed by atoms with Crippen molar-refractivity contribution in [1.29, 1.82) is 0 Å². The van der Waals surface area contributed by atoms with E-state index in [1.165, 1.54) is 50.7 Å². The minimum atomic E-state index is -0.431. The van der Waals surface area contributed by atoms with Crippen LogP contribution in [0.3, 0.4) is 0 Å². The molecule has 9 aromatic rings. The lowest BCUT2D eigenvalue weighted by Gasteiger charge is -2.28. The summed E-state index contributed by atoms with van der Waals surface area (Å²) < 4.78 is 21.1. The van der Waals surface area contributed by atoms with Gasteiger partial charge in [-0.15, -0.1) is 5.10 Å². The van der Waals surface area contributed by atoms with Crippen LogP contribution in [0.4, 0.5) is 11.4 Å². The van der Waals surface area contributed by atoms with E-state index in [0.29, 0.717) is 30.9 Å². The van der Waals surface area contributed by atoms with Crippen molar-refractivity contribution < 1.29 is 23.5 Å². The number of rotatable bonds is 11. The maximum Gasteiger partial charge on any atom is 0.420 e. The van der Waals surface area contributed by atoms with E-state index in [9.17, 15) is 14.4 Å². The number of carbonyl (C=O) groups excluding carboxylic acids is 2. The Bertz CT molecular complexity index is 5360. The molecule has 4 heterocycles. The van der Waals surface area contributed by atoms with E-state index in [0.717, 1.165) is 58.0 Å². The molecule has 0 bridgehead atoms. The largest absolute Gasteiger partial charge is 0.481 e. The molecular weight excluding hydrogens is 1520 g/mol. The van der Waals surface area contributed by atoms with Crippen molar-refractivity contribution in [2.75, 3.05) is 49.2 Å². The third-order valence-electron chi connectivity index (χ3n) is 16.1. The number of amides is 1. The number of oxazole rings is 1. The lowest BCUT2D eigenvalue weighted by molar-refractivity contribution is -0.120. The number of anilines is 2. The van der Waals surface area contributed by atoms with Gasteiger partial charge in [0.2, 0.25) is 5.91 Å². The number of nitrogens with one attached hydrogen (secondary N) is 1. The fourth-order valence-electron chi connectivity index (χ4n) is 10.2. The van der Waals surface area contributed by atoms with Crippen molar-refractivity contribution in [3.63, 3.8) is 0 Å². The van der Waals surface area contributed by atoms with Crippen LogP contribution in [0.1, 0.15) is 254 Å². The van der Waals surface area contributed by atoms with E-state index in [-0.39, 0.29) is 60.8 Å². The average Bonchev–Trinajstić information content (AvgIpc) is 1.67. The first-order valence-corrected chi connectivity index (χ1v) is 42.5. The summed E-state index contributed by atoms with van der Waals surface area (Å²) >= 11 is 0. The first-order chi connectivity index (χ1) is 57.1. The highest BCUT2D eigenvalue weighted by Gasteiger charge is 2.18. The van der Waals surface area contributed by atoms with Crippen LogP contribution < -0.4 is 30.3 Å². The van der Waals surface area contributed by atoms with Crippen molar-refractivity contribution in [2.24, 2.45) is 50.4 Å². The molecule has 15 nitrogen and oxygen atoms in total. The van der Waals surface area contributed by atoms with Crippen molar-refractivity contribution in [2.45, 2.75) is 239 Å². The summed E-state index contributed by atoms with van der Waals surface area (Å²) in [5, 5.41) is 10.8. The van der Waals surface area contributed by atoms with Crippen LogP contribution in [-0.4, -0.2) is 85.7 Å². The number of hydrogen-bond acceptors (Lipinski definition) is 11. The average molecular weight is 1660 g/mol. The number of carbonyl (C=O) groups is 2. The molecule has 1 N–H and O–H groups in total. The SMILES string of the molecule is CC(=O)NC(C)(C)C#CC(C)(C)C.CC(=O)c1ccc(OCC#CC(C)(C)C)cc1.CC(C)(C)C#CCOc1ccccc1.CC(C)(C)C#CCn1c(=O)oc2ccccc21.CC(C)(C)C#Cc1ccc(N2CCCCC2)cc1.CC(C)(C)C#Cn1nnc2ccccc21.CCN(CC)c1ccc(C#CC(C)(C)C)cc1.Cn1cncc1C#CC(C)(C)C. The standard InChI is InChI=1S/C17H23N.C16H23N.C15H18O2.C14H15NO2.C13H16O.C12H13N3.C11H19NO.C10H14N2/c1-17(2,3)12-11-15-7-9-16(10-8-15)18-13-5-4-6-14-18;1-6-17(7-2)15-10-8-14(9-11-15)12-13-16(3,4)5;1-12(16)13-6-8-14(9-7-13)17-11-5-10-15(2,3)4;1-14(2,3)9-6-10-15-11-7-4-5-8-12(11)17-13(15)16;1-13(2,3)10-7-11-14-12-8-5-4-6-9-12;1-12(2,3)8-9-15-11-7-5-4-6-10(11)13-14-15;1-9(13)12-11(5,6)8-7-10(2,3)4;1-10(2,3)6-5-9-7-11-8-12(9)4/h7-10H,4-6,13-14H2,1-3H3;8-11H,6-7H2,1-5H3;6-9H,11H2,1-4H3;4-5,7-8H,10H2,1-3H3;4-6,8-9H,11H2,1-3H3;4-7H,1-3H3;1-6H3,(H,12,13);7-8H,1-4H3. The molecular formula is C108H141N9O6. The van der Waals surface area contributed by atoms with Gasteiger partial charge in [0.15, 0.2) is 11.4 Å². The molecule has 10 rings (SSSR count). The van der Waals surface area contributed by atoms with Gasteiger partial charge in [-0.3, -0.25) is 14.2 Å². The molecule has 0 spiro atoms. The number of aryl methyl sites for hydroxylation is 1. The van der Waals surface area contributed by atoms with E-state index in [4.69, 9.17) is 13.9 Å². The highest BCUT2D eigenvalue weighted by Crippen LogP contribution is 2.23. The Hall–Kier alpha value is -12.0. The van der Waals surface area contributed by atoms with Gasteiger partial charge in [-0.2, -0.15) is 4.68 Å². The Morgan fingerprint density at radius 3 is 1.39 bits per heavy atom. The van der Waals surface area contributed by atoms with Crippen molar-refractivity contribution in [3.8, 4) is 106 Å². The van der Waals surface area contributed by atoms with Gasteiger partial charge in [0.25, 0.3) is 0 Å². The molecule has 3 aromatic heterocycles. The Balaban J connectivity index is 0.000000364. The number of benzene rings is 6. The van der Waals surface area contributed by atoms with Gasteiger partial charge >= 0.3 is 5.76 Å². The predicted octanol–water partition coefficient (Wildman–Crippen LogP) is 23.1. The summed E-state index contributed by atoms with van der Waals surface area (Å²) in [4.78, 5) is 42.3. The molecule has 0 radical (unpaired) electrons. The molecule has 1 fully saturated rings. The third-order valence-corrected chi connectivity index (χ3v) is 16.1. The quantitative estimate of drug-likeness (QED) is 0.0972. The summed E-state index contributed by atoms with van der Waals surface area (Å²) in [5.41, 5.74) is 9.45. The van der Waals surface area contributed by atoms with Gasteiger partial charge in [-0.25, -0.2) is 9.78 Å². The highest BCUT2D eigenvalue weighted by atomic mass is 16.5. The summed E-state index contributed by atoms with van der Waals surface area (Å²) in [6.45, 7) is 66.9. The van der Waals surface area contributed by atoms with Crippen LogP contribution in [0.2, 0.25) is 0 Å². The molecule has 123 heavy (non-hydrogen) atoms. The zero-order valence-corrected chi connectivity index (χ0v) is 80.2. The highest BCUT2D eigenvalue weighted by molar-refractivity contribution is 5.94. The van der Waals surface area contributed by atoms with Crippen LogP contribution in [-0.2, 0) is 18.4 Å². The summed E-state index contributed by atoms with van der Waals surface area (Å²) in [7, 11) is 1.94. The van der Waals surface area contributed by atoms with Gasteiger partial charge in [0.05, 0.1) is 30.1 Å². The maximum atomic E-state index is 11.6. The van der Waals surface area contributed by atoms with Crippen LogP contribution in [0.5, 0.6) is 11.5 Å². The van der Waals surface area contributed by atoms with E-state index < -0.39 is 5.54 Å². The molecule has 654 valence electrons. The number of para-hydroxylation sites is 4. The zero-order valence-electron chi connectivity index (χ0n) is 80.2. The van der Waals surface area contributed by atoms with Crippen molar-refractivity contribution in [3.05, 3.63) is 197 Å². The molecule has 6 aromatic carbocycles. The Morgan fingerprint density at radius 2 is 0.927 bits per heavy atom. The molecule has 1 aliphatic rings. The molecule has 0 atom stereocenters.